The van der Waals surface area contributed by atoms with Crippen LogP contribution in [0.2, 0.25) is 5.02 Å². The highest BCUT2D eigenvalue weighted by Gasteiger charge is 2.12. The van der Waals surface area contributed by atoms with Crippen LogP contribution in [0.25, 0.3) is 0 Å². The van der Waals surface area contributed by atoms with Crippen LogP contribution >= 0.6 is 11.6 Å². The maximum Gasteiger partial charge on any atom is 0.251 e. The average molecular weight is 362 g/mol. The van der Waals surface area contributed by atoms with Gasteiger partial charge in [0.1, 0.15) is 18.1 Å². The molecule has 0 bridgehead atoms. The van der Waals surface area contributed by atoms with Crippen molar-refractivity contribution in [2.24, 2.45) is 0 Å². The van der Waals surface area contributed by atoms with Crippen molar-refractivity contribution in [2.75, 3.05) is 6.61 Å². The van der Waals surface area contributed by atoms with E-state index in [4.69, 9.17) is 21.1 Å². The van der Waals surface area contributed by atoms with Gasteiger partial charge in [-0.15, -0.1) is 0 Å². The van der Waals surface area contributed by atoms with Gasteiger partial charge in [0.2, 0.25) is 0 Å². The van der Waals surface area contributed by atoms with Gasteiger partial charge >= 0.3 is 0 Å². The van der Waals surface area contributed by atoms with Crippen LogP contribution in [-0.4, -0.2) is 18.6 Å². The van der Waals surface area contributed by atoms with Gasteiger partial charge in [0.25, 0.3) is 5.91 Å². The first-order chi connectivity index (χ1) is 11.9. The number of hydrogen-bond donors (Lipinski definition) is 1. The van der Waals surface area contributed by atoms with Crippen LogP contribution in [-0.2, 0) is 6.61 Å². The molecule has 0 radical (unpaired) electrons. The largest absolute Gasteiger partial charge is 0.493 e. The average Bonchev–Trinajstić information content (AvgIpc) is 2.56. The lowest BCUT2D eigenvalue weighted by Gasteiger charge is -2.14. The van der Waals surface area contributed by atoms with Crippen LogP contribution < -0.4 is 14.8 Å². The summed E-state index contributed by atoms with van der Waals surface area (Å²) in [7, 11) is 0. The Hall–Kier alpha value is -2.20. The Labute approximate surface area is 154 Å². The standard InChI is InChI=1S/C20H24ClNO3/c1-5-24-19-9-6-15(20(23)22-13(2)3)11-16(19)12-25-17-7-8-18(21)14(4)10-17/h6-11,13H,5,12H2,1-4H3,(H,22,23). The summed E-state index contributed by atoms with van der Waals surface area (Å²) >= 11 is 6.04. The topological polar surface area (TPSA) is 47.6 Å². The molecule has 0 saturated heterocycles. The molecule has 0 atom stereocenters. The Balaban J connectivity index is 2.20. The highest BCUT2D eigenvalue weighted by molar-refractivity contribution is 6.31. The van der Waals surface area contributed by atoms with E-state index in [1.807, 2.05) is 58.0 Å². The third-order valence-corrected chi connectivity index (χ3v) is 3.99. The highest BCUT2D eigenvalue weighted by Crippen LogP contribution is 2.25. The van der Waals surface area contributed by atoms with Crippen molar-refractivity contribution in [1.29, 1.82) is 0 Å². The molecule has 0 aromatic heterocycles. The second-order valence-corrected chi connectivity index (χ2v) is 6.49. The summed E-state index contributed by atoms with van der Waals surface area (Å²) < 4.78 is 11.5. The summed E-state index contributed by atoms with van der Waals surface area (Å²) in [5.74, 6) is 1.33. The van der Waals surface area contributed by atoms with Crippen molar-refractivity contribution < 1.29 is 14.3 Å². The van der Waals surface area contributed by atoms with E-state index in [0.717, 1.165) is 16.9 Å². The van der Waals surface area contributed by atoms with E-state index in [2.05, 4.69) is 5.32 Å². The Morgan fingerprint density at radius 2 is 1.92 bits per heavy atom. The van der Waals surface area contributed by atoms with E-state index >= 15 is 0 Å². The molecule has 2 rings (SSSR count). The number of nitrogens with one attached hydrogen (secondary N) is 1. The minimum Gasteiger partial charge on any atom is -0.493 e. The molecule has 0 unspecified atom stereocenters. The molecule has 0 aliphatic rings. The number of aryl methyl sites for hydroxylation is 1. The van der Waals surface area contributed by atoms with Gasteiger partial charge in [-0.2, -0.15) is 0 Å². The van der Waals surface area contributed by atoms with Crippen LogP contribution in [0.5, 0.6) is 11.5 Å². The molecule has 0 aliphatic carbocycles. The molecule has 0 aliphatic heterocycles. The fourth-order valence-electron chi connectivity index (χ4n) is 2.34. The third-order valence-electron chi connectivity index (χ3n) is 3.57. The molecule has 2 aromatic carbocycles. The van der Waals surface area contributed by atoms with E-state index in [9.17, 15) is 4.79 Å². The van der Waals surface area contributed by atoms with Gasteiger partial charge in [0.05, 0.1) is 6.61 Å². The molecule has 0 fully saturated rings. The van der Waals surface area contributed by atoms with Gasteiger partial charge in [-0.05, 0) is 69.7 Å². The summed E-state index contributed by atoms with van der Waals surface area (Å²) in [4.78, 5) is 12.2. The van der Waals surface area contributed by atoms with E-state index in [-0.39, 0.29) is 11.9 Å². The Kier molecular flexibility index (Phi) is 6.71. The lowest BCUT2D eigenvalue weighted by atomic mass is 10.1. The monoisotopic (exact) mass is 361 g/mol. The summed E-state index contributed by atoms with van der Waals surface area (Å²) in [5.41, 5.74) is 2.36. The molecule has 0 heterocycles. The Morgan fingerprint density at radius 3 is 2.56 bits per heavy atom. The first-order valence-electron chi connectivity index (χ1n) is 8.36. The Morgan fingerprint density at radius 1 is 1.16 bits per heavy atom. The van der Waals surface area contributed by atoms with Gasteiger partial charge in [0.15, 0.2) is 0 Å². The summed E-state index contributed by atoms with van der Waals surface area (Å²) in [6, 6.07) is 11.0. The zero-order valence-corrected chi connectivity index (χ0v) is 15.8. The van der Waals surface area contributed by atoms with Crippen molar-refractivity contribution in [3.05, 3.63) is 58.1 Å². The second-order valence-electron chi connectivity index (χ2n) is 6.08. The molecule has 0 spiro atoms. The molecule has 2 aromatic rings. The first kappa shape index (κ1) is 19.1. The van der Waals surface area contributed by atoms with Crippen molar-refractivity contribution >= 4 is 17.5 Å². The highest BCUT2D eigenvalue weighted by atomic mass is 35.5. The predicted molar refractivity (Wildman–Crippen MR) is 101 cm³/mol. The summed E-state index contributed by atoms with van der Waals surface area (Å²) in [6.07, 6.45) is 0. The lowest BCUT2D eigenvalue weighted by Crippen LogP contribution is -2.30. The SMILES string of the molecule is CCOc1ccc(C(=O)NC(C)C)cc1COc1ccc(Cl)c(C)c1. The van der Waals surface area contributed by atoms with Gasteiger partial charge in [0, 0.05) is 22.2 Å². The van der Waals surface area contributed by atoms with E-state index in [0.29, 0.717) is 29.5 Å². The van der Waals surface area contributed by atoms with E-state index in [1.54, 1.807) is 6.07 Å². The van der Waals surface area contributed by atoms with Gasteiger partial charge in [-0.3, -0.25) is 4.79 Å². The fourth-order valence-corrected chi connectivity index (χ4v) is 2.46. The molecule has 4 nitrogen and oxygen atoms in total. The number of halogens is 1. The van der Waals surface area contributed by atoms with Crippen LogP contribution in [0.15, 0.2) is 36.4 Å². The van der Waals surface area contributed by atoms with Gasteiger partial charge in [-0.1, -0.05) is 11.6 Å². The van der Waals surface area contributed by atoms with Gasteiger partial charge < -0.3 is 14.8 Å². The molecule has 1 N–H and O–H groups in total. The predicted octanol–water partition coefficient (Wildman–Crippen LogP) is 4.76. The zero-order chi connectivity index (χ0) is 18.4. The first-order valence-corrected chi connectivity index (χ1v) is 8.74. The van der Waals surface area contributed by atoms with Crippen molar-refractivity contribution in [2.45, 2.75) is 40.3 Å². The fraction of sp³-hybridized carbons (Fsp3) is 0.350. The second kappa shape index (κ2) is 8.77. The number of rotatable bonds is 7. The number of amides is 1. The van der Waals surface area contributed by atoms with Crippen LogP contribution in [0.3, 0.4) is 0 Å². The molecule has 25 heavy (non-hydrogen) atoms. The number of ether oxygens (including phenoxy) is 2. The Bertz CT molecular complexity index is 744. The van der Waals surface area contributed by atoms with E-state index < -0.39 is 0 Å². The van der Waals surface area contributed by atoms with Crippen LogP contribution in [0.1, 0.15) is 42.3 Å². The van der Waals surface area contributed by atoms with Crippen molar-refractivity contribution in [1.82, 2.24) is 5.32 Å². The zero-order valence-electron chi connectivity index (χ0n) is 15.1. The normalized spacial score (nSPS) is 10.6. The minimum atomic E-state index is -0.110. The number of carbonyl (C=O) groups excluding carboxylic acids is 1. The maximum absolute atomic E-state index is 12.2. The molecule has 1 amide bonds. The smallest absolute Gasteiger partial charge is 0.251 e. The number of carbonyl (C=O) groups is 1. The quantitative estimate of drug-likeness (QED) is 0.773. The third kappa shape index (κ3) is 5.40. The number of hydrogen-bond acceptors (Lipinski definition) is 3. The molecule has 0 saturated carbocycles. The van der Waals surface area contributed by atoms with Crippen LogP contribution in [0, 0.1) is 6.92 Å². The summed E-state index contributed by atoms with van der Waals surface area (Å²) in [6.45, 7) is 8.56. The molecular formula is C20H24ClNO3. The molecule has 134 valence electrons. The number of benzene rings is 2. The molecular weight excluding hydrogens is 338 g/mol. The van der Waals surface area contributed by atoms with Crippen molar-refractivity contribution in [3.63, 3.8) is 0 Å². The van der Waals surface area contributed by atoms with Crippen molar-refractivity contribution in [3.8, 4) is 11.5 Å². The maximum atomic E-state index is 12.2. The van der Waals surface area contributed by atoms with Crippen LogP contribution in [0.4, 0.5) is 0 Å². The minimum absolute atomic E-state index is 0.0795. The summed E-state index contributed by atoms with van der Waals surface area (Å²) in [5, 5.41) is 3.59. The molecule has 5 heteroatoms. The lowest BCUT2D eigenvalue weighted by molar-refractivity contribution is 0.0943. The van der Waals surface area contributed by atoms with E-state index in [1.165, 1.54) is 0 Å². The van der Waals surface area contributed by atoms with Gasteiger partial charge in [-0.25, -0.2) is 0 Å².